The molecule has 0 spiro atoms. The molecule has 1 amide bonds. The van der Waals surface area contributed by atoms with Crippen molar-refractivity contribution >= 4 is 38.9 Å². The number of amides is 1. The first kappa shape index (κ1) is 26.2. The van der Waals surface area contributed by atoms with Crippen LogP contribution in [0.1, 0.15) is 18.9 Å². The number of hydrogen-bond acceptors (Lipinski definition) is 11. The maximum absolute atomic E-state index is 13.2. The Hall–Kier alpha value is -2.87. The third-order valence-corrected chi connectivity index (χ3v) is 8.73. The second kappa shape index (κ2) is 11.5. The fourth-order valence-electron chi connectivity index (χ4n) is 3.66. The Kier molecular flexibility index (Phi) is 8.34. The van der Waals surface area contributed by atoms with Crippen LogP contribution in [0.15, 0.2) is 51.5 Å². The number of fused-ring (bicyclic) bond motifs is 1. The summed E-state index contributed by atoms with van der Waals surface area (Å²) >= 11 is 1.32. The van der Waals surface area contributed by atoms with E-state index in [9.17, 15) is 13.2 Å². The molecule has 2 aromatic rings. The average Bonchev–Trinajstić information content (AvgIpc) is 3.54. The Bertz CT molecular complexity index is 1220. The molecule has 3 heterocycles. The second-order valence-electron chi connectivity index (χ2n) is 8.19. The van der Waals surface area contributed by atoms with Crippen molar-refractivity contribution in [1.82, 2.24) is 10.3 Å². The summed E-state index contributed by atoms with van der Waals surface area (Å²) < 4.78 is 41.2. The largest absolute Gasteiger partial charge is 0.481 e. The van der Waals surface area contributed by atoms with Crippen molar-refractivity contribution in [2.45, 2.75) is 40.1 Å². The Morgan fingerprint density at radius 2 is 2.06 bits per heavy atom. The normalized spacial score (nSPS) is 20.4. The van der Waals surface area contributed by atoms with E-state index in [0.717, 1.165) is 5.69 Å². The van der Waals surface area contributed by atoms with Crippen LogP contribution in [0.25, 0.3) is 0 Å². The van der Waals surface area contributed by atoms with E-state index in [1.165, 1.54) is 38.1 Å². The Morgan fingerprint density at radius 1 is 1.28 bits per heavy atom. The van der Waals surface area contributed by atoms with Gasteiger partial charge >= 0.3 is 0 Å². The standard InChI is InChI=1S/C23H28N4O7S2/c1-14(12-31-2)34-27-20(15-4-6-16(7-5-15)36(29,30)17-10-11-33-13-17)21(28)26-23-24-18-8-9-19(32-3)25-22(18)35-23/h4-9,14,17,23-24H,10-13H2,1-3H3,(H,26,28)/b27-20+/t14-,17+,23?/m1/s1. The van der Waals surface area contributed by atoms with Crippen molar-refractivity contribution in [3.05, 3.63) is 42.0 Å². The minimum atomic E-state index is -3.53. The second-order valence-corrected chi connectivity index (χ2v) is 11.5. The molecule has 1 unspecified atom stereocenters. The maximum atomic E-state index is 13.2. The molecule has 11 nitrogen and oxygen atoms in total. The van der Waals surface area contributed by atoms with E-state index in [1.807, 2.05) is 6.07 Å². The highest BCUT2D eigenvalue weighted by Gasteiger charge is 2.32. The maximum Gasteiger partial charge on any atom is 0.276 e. The van der Waals surface area contributed by atoms with Gasteiger partial charge in [-0.05, 0) is 31.5 Å². The van der Waals surface area contributed by atoms with E-state index in [4.69, 9.17) is 19.0 Å². The van der Waals surface area contributed by atoms with Gasteiger partial charge in [0.15, 0.2) is 21.0 Å². The molecule has 194 valence electrons. The number of benzene rings is 1. The van der Waals surface area contributed by atoms with Crippen LogP contribution in [0.2, 0.25) is 0 Å². The van der Waals surface area contributed by atoms with Gasteiger partial charge < -0.3 is 29.7 Å². The van der Waals surface area contributed by atoms with Crippen LogP contribution < -0.4 is 15.4 Å². The lowest BCUT2D eigenvalue weighted by Gasteiger charge is -2.15. The molecule has 0 aliphatic carbocycles. The summed E-state index contributed by atoms with van der Waals surface area (Å²) in [5, 5.41) is 10.2. The van der Waals surface area contributed by atoms with Crippen LogP contribution in [-0.2, 0) is 28.9 Å². The summed E-state index contributed by atoms with van der Waals surface area (Å²) in [4.78, 5) is 23.3. The number of thioether (sulfide) groups is 1. The van der Waals surface area contributed by atoms with E-state index in [-0.39, 0.29) is 23.8 Å². The molecule has 0 bridgehead atoms. The predicted molar refractivity (Wildman–Crippen MR) is 134 cm³/mol. The predicted octanol–water partition coefficient (Wildman–Crippen LogP) is 2.03. The molecule has 0 saturated carbocycles. The molecule has 1 aromatic carbocycles. The van der Waals surface area contributed by atoms with Crippen LogP contribution in [-0.4, -0.2) is 75.9 Å². The van der Waals surface area contributed by atoms with Crippen molar-refractivity contribution in [3.8, 4) is 5.88 Å². The summed E-state index contributed by atoms with van der Waals surface area (Å²) in [6.07, 6.45) is 0.0549. The summed E-state index contributed by atoms with van der Waals surface area (Å²) in [6.45, 7) is 2.64. The zero-order valence-electron chi connectivity index (χ0n) is 20.1. The summed E-state index contributed by atoms with van der Waals surface area (Å²) in [5.74, 6) is -0.0406. The first-order valence-electron chi connectivity index (χ1n) is 11.3. The highest BCUT2D eigenvalue weighted by molar-refractivity contribution is 8.00. The van der Waals surface area contributed by atoms with E-state index in [0.29, 0.717) is 29.5 Å². The topological polar surface area (TPSA) is 137 Å². The van der Waals surface area contributed by atoms with Gasteiger partial charge in [-0.25, -0.2) is 13.4 Å². The first-order chi connectivity index (χ1) is 17.3. The zero-order chi connectivity index (χ0) is 25.7. The van der Waals surface area contributed by atoms with Gasteiger partial charge in [0.1, 0.15) is 11.1 Å². The quantitative estimate of drug-likeness (QED) is 0.343. The minimum Gasteiger partial charge on any atom is -0.481 e. The number of pyridine rings is 1. The lowest BCUT2D eigenvalue weighted by atomic mass is 10.1. The van der Waals surface area contributed by atoms with Gasteiger partial charge in [0.05, 0.1) is 36.2 Å². The van der Waals surface area contributed by atoms with Crippen LogP contribution in [0.4, 0.5) is 5.69 Å². The molecular weight excluding hydrogens is 508 g/mol. The molecule has 3 atom stereocenters. The highest BCUT2D eigenvalue weighted by Crippen LogP contribution is 2.36. The van der Waals surface area contributed by atoms with Gasteiger partial charge in [-0.1, -0.05) is 29.1 Å². The number of carbonyl (C=O) groups is 1. The number of carbonyl (C=O) groups excluding carboxylic acids is 1. The Labute approximate surface area is 213 Å². The molecule has 13 heteroatoms. The molecule has 1 saturated heterocycles. The van der Waals surface area contributed by atoms with Gasteiger partial charge in [0.2, 0.25) is 5.88 Å². The summed E-state index contributed by atoms with van der Waals surface area (Å²) in [5.41, 5.74) is 0.657. The number of hydrogen-bond donors (Lipinski definition) is 2. The van der Waals surface area contributed by atoms with Gasteiger partial charge in [-0.15, -0.1) is 0 Å². The third-order valence-electron chi connectivity index (χ3n) is 5.55. The smallest absolute Gasteiger partial charge is 0.276 e. The fraction of sp³-hybridized carbons (Fsp3) is 0.435. The molecular formula is C23H28N4O7S2. The van der Waals surface area contributed by atoms with Crippen molar-refractivity contribution in [1.29, 1.82) is 0 Å². The number of rotatable bonds is 10. The van der Waals surface area contributed by atoms with E-state index in [2.05, 4.69) is 20.8 Å². The molecule has 2 N–H and O–H groups in total. The number of anilines is 1. The monoisotopic (exact) mass is 536 g/mol. The molecule has 1 fully saturated rings. The highest BCUT2D eigenvalue weighted by atomic mass is 32.2. The van der Waals surface area contributed by atoms with Gasteiger partial charge in [-0.3, -0.25) is 4.79 Å². The van der Waals surface area contributed by atoms with Crippen molar-refractivity contribution in [2.24, 2.45) is 5.16 Å². The van der Waals surface area contributed by atoms with Crippen LogP contribution in [0.3, 0.4) is 0 Å². The molecule has 2 aliphatic heterocycles. The zero-order valence-corrected chi connectivity index (χ0v) is 21.7. The summed E-state index contributed by atoms with van der Waals surface area (Å²) in [6, 6.07) is 9.57. The van der Waals surface area contributed by atoms with Crippen molar-refractivity contribution in [3.63, 3.8) is 0 Å². The number of nitrogens with one attached hydrogen (secondary N) is 2. The minimum absolute atomic E-state index is 0.00463. The molecule has 2 aliphatic rings. The Morgan fingerprint density at radius 3 is 2.72 bits per heavy atom. The van der Waals surface area contributed by atoms with E-state index < -0.39 is 32.6 Å². The molecule has 36 heavy (non-hydrogen) atoms. The number of aromatic nitrogens is 1. The van der Waals surface area contributed by atoms with E-state index in [1.54, 1.807) is 25.1 Å². The number of oxime groups is 1. The van der Waals surface area contributed by atoms with Gasteiger partial charge in [0, 0.05) is 25.3 Å². The van der Waals surface area contributed by atoms with Crippen LogP contribution in [0, 0.1) is 0 Å². The van der Waals surface area contributed by atoms with Crippen molar-refractivity contribution < 1.29 is 32.3 Å². The lowest BCUT2D eigenvalue weighted by Crippen LogP contribution is -2.40. The SMILES string of the molecule is COC[C@@H](C)O/N=C(/C(=O)NC1Nc2ccc(OC)nc2S1)c1ccc(S(=O)(=O)[C@H]2CCOC2)cc1. The fourth-order valence-corrected chi connectivity index (χ4v) is 6.21. The lowest BCUT2D eigenvalue weighted by molar-refractivity contribution is -0.115. The first-order valence-corrected chi connectivity index (χ1v) is 13.7. The van der Waals surface area contributed by atoms with Crippen LogP contribution in [0.5, 0.6) is 5.88 Å². The molecule has 0 radical (unpaired) electrons. The number of ether oxygens (including phenoxy) is 3. The van der Waals surface area contributed by atoms with E-state index >= 15 is 0 Å². The molecule has 4 rings (SSSR count). The number of sulfone groups is 1. The average molecular weight is 537 g/mol. The third kappa shape index (κ3) is 5.91. The Balaban J connectivity index is 1.53. The van der Waals surface area contributed by atoms with Crippen molar-refractivity contribution in [2.75, 3.05) is 39.4 Å². The number of nitrogens with zero attached hydrogens (tertiary/aromatic N) is 2. The van der Waals surface area contributed by atoms with Gasteiger partial charge in [0.25, 0.3) is 5.91 Å². The van der Waals surface area contributed by atoms with Gasteiger partial charge in [-0.2, -0.15) is 0 Å². The summed E-state index contributed by atoms with van der Waals surface area (Å²) in [7, 11) is -0.462. The molecule has 1 aromatic heterocycles. The number of methoxy groups -OCH3 is 2. The van der Waals surface area contributed by atoms with Crippen LogP contribution >= 0.6 is 11.8 Å².